The maximum Gasteiger partial charge on any atom is 0.434 e. The number of alkyl halides is 3. The second-order valence-corrected chi connectivity index (χ2v) is 6.58. The van der Waals surface area contributed by atoms with E-state index >= 15 is 0 Å². The highest BCUT2D eigenvalue weighted by Crippen LogP contribution is 2.33. The van der Waals surface area contributed by atoms with Crippen LogP contribution in [-0.2, 0) is 6.18 Å². The molecule has 0 atom stereocenters. The van der Waals surface area contributed by atoms with Crippen LogP contribution in [0.15, 0.2) is 73.2 Å². The molecule has 0 aliphatic rings. The zero-order valence-corrected chi connectivity index (χ0v) is 16.6. The van der Waals surface area contributed by atoms with Crippen molar-refractivity contribution in [3.05, 3.63) is 90.0 Å². The zero-order valence-electron chi connectivity index (χ0n) is 16.6. The molecule has 3 aromatic heterocycles. The van der Waals surface area contributed by atoms with Gasteiger partial charge in [-0.15, -0.1) is 0 Å². The summed E-state index contributed by atoms with van der Waals surface area (Å²) < 4.78 is 47.3. The second-order valence-electron chi connectivity index (χ2n) is 6.58. The highest BCUT2D eigenvalue weighted by atomic mass is 19.4. The summed E-state index contributed by atoms with van der Waals surface area (Å²) in [5.41, 5.74) is -1.25. The third kappa shape index (κ3) is 4.80. The molecule has 0 aliphatic carbocycles. The summed E-state index contributed by atoms with van der Waals surface area (Å²) in [4.78, 5) is 20.5. The Hall–Kier alpha value is -4.72. The standard InChI is InChI=1S/C22H13F3N6O2/c23-22(24,25)20-17(13-29-31(20)18-3-1-2-10-27-18)21(32)30-15-5-7-16(8-6-15)33-19-9-4-14(11-26)12-28-19/h1-10,12-13H,(H,30,32). The molecule has 0 aliphatic heterocycles. The number of halogens is 3. The van der Waals surface area contributed by atoms with Gasteiger partial charge in [0.15, 0.2) is 11.5 Å². The molecule has 11 heteroatoms. The zero-order chi connectivity index (χ0) is 23.4. The van der Waals surface area contributed by atoms with E-state index in [-0.39, 0.29) is 17.4 Å². The van der Waals surface area contributed by atoms with E-state index in [1.807, 2.05) is 6.07 Å². The van der Waals surface area contributed by atoms with Gasteiger partial charge in [0.2, 0.25) is 5.88 Å². The van der Waals surface area contributed by atoms with E-state index < -0.39 is 23.3 Å². The summed E-state index contributed by atoms with van der Waals surface area (Å²) in [5, 5.41) is 14.9. The molecule has 1 aromatic carbocycles. The van der Waals surface area contributed by atoms with E-state index in [0.717, 1.165) is 6.20 Å². The lowest BCUT2D eigenvalue weighted by molar-refractivity contribution is -0.143. The predicted octanol–water partition coefficient (Wildman–Crippen LogP) is 4.60. The van der Waals surface area contributed by atoms with Crippen LogP contribution in [0.2, 0.25) is 0 Å². The number of hydrogen-bond donors (Lipinski definition) is 1. The first-order valence-corrected chi connectivity index (χ1v) is 9.37. The Kier molecular flexibility index (Phi) is 5.73. The number of benzene rings is 1. The van der Waals surface area contributed by atoms with Crippen LogP contribution < -0.4 is 10.1 Å². The van der Waals surface area contributed by atoms with Gasteiger partial charge in [-0.05, 0) is 42.5 Å². The Morgan fingerprint density at radius 3 is 2.42 bits per heavy atom. The van der Waals surface area contributed by atoms with E-state index in [9.17, 15) is 18.0 Å². The number of carbonyl (C=O) groups is 1. The third-order valence-electron chi connectivity index (χ3n) is 4.35. The number of nitrogens with zero attached hydrogens (tertiary/aromatic N) is 5. The summed E-state index contributed by atoms with van der Waals surface area (Å²) in [6.45, 7) is 0. The lowest BCUT2D eigenvalue weighted by atomic mass is 10.2. The van der Waals surface area contributed by atoms with E-state index in [0.29, 0.717) is 16.0 Å². The SMILES string of the molecule is N#Cc1ccc(Oc2ccc(NC(=O)c3cnn(-c4ccccn4)c3C(F)(F)F)cc2)nc1. The van der Waals surface area contributed by atoms with Gasteiger partial charge < -0.3 is 10.1 Å². The summed E-state index contributed by atoms with van der Waals surface area (Å²) in [6, 6.07) is 15.4. The van der Waals surface area contributed by atoms with Crippen LogP contribution in [0.1, 0.15) is 21.6 Å². The molecule has 1 N–H and O–H groups in total. The van der Waals surface area contributed by atoms with Crippen LogP contribution in [-0.4, -0.2) is 25.7 Å². The van der Waals surface area contributed by atoms with Crippen molar-refractivity contribution in [2.45, 2.75) is 6.18 Å². The van der Waals surface area contributed by atoms with Crippen molar-refractivity contribution in [1.29, 1.82) is 5.26 Å². The average molecular weight is 450 g/mol. The number of carbonyl (C=O) groups excluding carboxylic acids is 1. The number of pyridine rings is 2. The lowest BCUT2D eigenvalue weighted by Crippen LogP contribution is -2.21. The fourth-order valence-corrected chi connectivity index (χ4v) is 2.87. The van der Waals surface area contributed by atoms with Gasteiger partial charge in [-0.3, -0.25) is 4.79 Å². The monoisotopic (exact) mass is 450 g/mol. The second kappa shape index (κ2) is 8.80. The average Bonchev–Trinajstić information content (AvgIpc) is 3.28. The van der Waals surface area contributed by atoms with Crippen molar-refractivity contribution in [1.82, 2.24) is 19.7 Å². The minimum Gasteiger partial charge on any atom is -0.439 e. The quantitative estimate of drug-likeness (QED) is 0.477. The number of ether oxygens (including phenoxy) is 1. The summed E-state index contributed by atoms with van der Waals surface area (Å²) in [5.74, 6) is -0.416. The number of amides is 1. The predicted molar refractivity (Wildman–Crippen MR) is 110 cm³/mol. The smallest absolute Gasteiger partial charge is 0.434 e. The maximum atomic E-state index is 13.7. The molecule has 0 unspecified atom stereocenters. The van der Waals surface area contributed by atoms with Crippen LogP contribution in [0.3, 0.4) is 0 Å². The minimum absolute atomic E-state index is 0.0678. The molecule has 8 nitrogen and oxygen atoms in total. The molecule has 0 radical (unpaired) electrons. The Labute approximate surface area is 184 Å². The molecule has 0 saturated carbocycles. The molecule has 0 spiro atoms. The molecule has 164 valence electrons. The number of aromatic nitrogens is 4. The Morgan fingerprint density at radius 1 is 1.03 bits per heavy atom. The largest absolute Gasteiger partial charge is 0.439 e. The van der Waals surface area contributed by atoms with Crippen LogP contribution in [0.25, 0.3) is 5.82 Å². The number of nitrogens with one attached hydrogen (secondary N) is 1. The normalized spacial score (nSPS) is 11.0. The number of rotatable bonds is 5. The van der Waals surface area contributed by atoms with Crippen LogP contribution >= 0.6 is 0 Å². The molecule has 3 heterocycles. The molecule has 4 aromatic rings. The molecular weight excluding hydrogens is 437 g/mol. The van der Waals surface area contributed by atoms with Crippen LogP contribution in [0.4, 0.5) is 18.9 Å². The first-order chi connectivity index (χ1) is 15.8. The van der Waals surface area contributed by atoms with Crippen molar-refractivity contribution in [3.8, 4) is 23.5 Å². The first-order valence-electron chi connectivity index (χ1n) is 9.37. The fourth-order valence-electron chi connectivity index (χ4n) is 2.87. The summed E-state index contributed by atoms with van der Waals surface area (Å²) >= 11 is 0. The van der Waals surface area contributed by atoms with Crippen molar-refractivity contribution < 1.29 is 22.7 Å². The highest BCUT2D eigenvalue weighted by molar-refractivity contribution is 6.05. The van der Waals surface area contributed by atoms with Gasteiger partial charge in [0.1, 0.15) is 11.8 Å². The fraction of sp³-hybridized carbons (Fsp3) is 0.0455. The Balaban J connectivity index is 1.52. The minimum atomic E-state index is -4.84. The highest BCUT2D eigenvalue weighted by Gasteiger charge is 2.40. The molecule has 0 fully saturated rings. The van der Waals surface area contributed by atoms with Crippen molar-refractivity contribution in [3.63, 3.8) is 0 Å². The van der Waals surface area contributed by atoms with Gasteiger partial charge in [0, 0.05) is 24.1 Å². The Bertz CT molecular complexity index is 1310. The number of nitriles is 1. The lowest BCUT2D eigenvalue weighted by Gasteiger charge is -2.12. The third-order valence-corrected chi connectivity index (χ3v) is 4.35. The van der Waals surface area contributed by atoms with Crippen LogP contribution in [0, 0.1) is 11.3 Å². The first kappa shape index (κ1) is 21.5. The molecular formula is C22H13F3N6O2. The van der Waals surface area contributed by atoms with Gasteiger partial charge in [-0.1, -0.05) is 6.07 Å². The topological polar surface area (TPSA) is 106 Å². The Morgan fingerprint density at radius 2 is 1.82 bits per heavy atom. The molecule has 4 rings (SSSR count). The summed E-state index contributed by atoms with van der Waals surface area (Å²) in [6.07, 6.45) is -1.31. The van der Waals surface area contributed by atoms with Crippen molar-refractivity contribution >= 4 is 11.6 Å². The number of anilines is 1. The van der Waals surface area contributed by atoms with E-state index in [1.165, 1.54) is 54.9 Å². The van der Waals surface area contributed by atoms with Gasteiger partial charge in [0.05, 0.1) is 17.3 Å². The molecule has 1 amide bonds. The van der Waals surface area contributed by atoms with E-state index in [1.54, 1.807) is 12.1 Å². The molecule has 0 bridgehead atoms. The van der Waals surface area contributed by atoms with Crippen molar-refractivity contribution in [2.75, 3.05) is 5.32 Å². The van der Waals surface area contributed by atoms with Crippen molar-refractivity contribution in [2.24, 2.45) is 0 Å². The summed E-state index contributed by atoms with van der Waals surface area (Å²) in [7, 11) is 0. The number of hydrogen-bond acceptors (Lipinski definition) is 6. The molecule has 33 heavy (non-hydrogen) atoms. The van der Waals surface area contributed by atoms with E-state index in [4.69, 9.17) is 10.00 Å². The van der Waals surface area contributed by atoms with Gasteiger partial charge in [0.25, 0.3) is 5.91 Å². The van der Waals surface area contributed by atoms with E-state index in [2.05, 4.69) is 20.4 Å². The van der Waals surface area contributed by atoms with Gasteiger partial charge in [-0.25, -0.2) is 14.6 Å². The molecule has 0 saturated heterocycles. The van der Waals surface area contributed by atoms with Gasteiger partial charge in [-0.2, -0.15) is 23.5 Å². The maximum absolute atomic E-state index is 13.7. The van der Waals surface area contributed by atoms with Crippen LogP contribution in [0.5, 0.6) is 11.6 Å². The van der Waals surface area contributed by atoms with Gasteiger partial charge >= 0.3 is 6.18 Å².